The molecule has 2 aromatic rings. The Morgan fingerprint density at radius 2 is 2.22 bits per heavy atom. The van der Waals surface area contributed by atoms with Crippen LogP contribution in [0.1, 0.15) is 14.7 Å². The molecular formula is C12H10ClNO3S. The molecule has 0 bridgehead atoms. The fourth-order valence-corrected chi connectivity index (χ4v) is 2.60. The number of halogens is 1. The van der Waals surface area contributed by atoms with E-state index in [1.165, 1.54) is 0 Å². The van der Waals surface area contributed by atoms with Gasteiger partial charge in [0.05, 0.1) is 22.8 Å². The van der Waals surface area contributed by atoms with Crippen LogP contribution in [0.15, 0.2) is 18.2 Å². The van der Waals surface area contributed by atoms with Gasteiger partial charge in [0, 0.05) is 5.56 Å². The Kier molecular flexibility index (Phi) is 3.54. The highest BCUT2D eigenvalue weighted by atomic mass is 35.5. The number of carboxylic acids is 1. The zero-order valence-electron chi connectivity index (χ0n) is 9.73. The van der Waals surface area contributed by atoms with Crippen molar-refractivity contribution in [2.75, 3.05) is 7.11 Å². The molecule has 0 spiro atoms. The van der Waals surface area contributed by atoms with Crippen molar-refractivity contribution in [2.45, 2.75) is 6.92 Å². The van der Waals surface area contributed by atoms with E-state index in [-0.39, 0.29) is 4.88 Å². The monoisotopic (exact) mass is 283 g/mol. The number of rotatable bonds is 3. The van der Waals surface area contributed by atoms with Crippen LogP contribution in [0.4, 0.5) is 0 Å². The lowest BCUT2D eigenvalue weighted by Gasteiger charge is -2.05. The quantitative estimate of drug-likeness (QED) is 0.937. The number of thiazole rings is 1. The molecule has 0 atom stereocenters. The van der Waals surface area contributed by atoms with E-state index in [9.17, 15) is 4.79 Å². The summed E-state index contributed by atoms with van der Waals surface area (Å²) in [4.78, 5) is 15.6. The Labute approximate surface area is 113 Å². The van der Waals surface area contributed by atoms with E-state index in [1.807, 2.05) is 0 Å². The van der Waals surface area contributed by atoms with Gasteiger partial charge in [0.1, 0.15) is 10.6 Å². The Balaban J connectivity index is 2.58. The minimum atomic E-state index is -0.998. The number of hydrogen-bond donors (Lipinski definition) is 1. The molecule has 0 aliphatic carbocycles. The lowest BCUT2D eigenvalue weighted by Crippen LogP contribution is -1.96. The molecule has 0 amide bonds. The van der Waals surface area contributed by atoms with Crippen LogP contribution in [-0.4, -0.2) is 23.2 Å². The van der Waals surface area contributed by atoms with Gasteiger partial charge in [0.25, 0.3) is 0 Å². The molecule has 18 heavy (non-hydrogen) atoms. The van der Waals surface area contributed by atoms with E-state index in [2.05, 4.69) is 4.98 Å². The number of methoxy groups -OCH3 is 1. The number of hydrogen-bond acceptors (Lipinski definition) is 4. The van der Waals surface area contributed by atoms with Gasteiger partial charge in [-0.1, -0.05) is 11.6 Å². The largest absolute Gasteiger partial charge is 0.497 e. The van der Waals surface area contributed by atoms with Gasteiger partial charge in [-0.15, -0.1) is 11.3 Å². The Morgan fingerprint density at radius 1 is 1.50 bits per heavy atom. The lowest BCUT2D eigenvalue weighted by molar-refractivity contribution is 0.0702. The van der Waals surface area contributed by atoms with E-state index >= 15 is 0 Å². The highest BCUT2D eigenvalue weighted by molar-refractivity contribution is 7.14. The molecule has 0 radical (unpaired) electrons. The van der Waals surface area contributed by atoms with Crippen molar-refractivity contribution in [3.05, 3.63) is 33.1 Å². The van der Waals surface area contributed by atoms with Crippen molar-refractivity contribution >= 4 is 28.9 Å². The summed E-state index contributed by atoms with van der Waals surface area (Å²) in [5.41, 5.74) is 0.997. The zero-order valence-corrected chi connectivity index (χ0v) is 11.3. The minimum Gasteiger partial charge on any atom is -0.497 e. The van der Waals surface area contributed by atoms with Crippen molar-refractivity contribution in [3.8, 4) is 17.0 Å². The molecule has 0 aliphatic rings. The number of aromatic carboxylic acids is 1. The Morgan fingerprint density at radius 3 is 2.78 bits per heavy atom. The first-order valence-electron chi connectivity index (χ1n) is 5.07. The van der Waals surface area contributed by atoms with Gasteiger partial charge in [-0.3, -0.25) is 0 Å². The topological polar surface area (TPSA) is 59.4 Å². The van der Waals surface area contributed by atoms with Gasteiger partial charge in [-0.05, 0) is 25.1 Å². The molecule has 0 saturated heterocycles. The van der Waals surface area contributed by atoms with Crippen LogP contribution in [0.3, 0.4) is 0 Å². The minimum absolute atomic E-state index is 0.194. The summed E-state index contributed by atoms with van der Waals surface area (Å²) in [7, 11) is 1.54. The van der Waals surface area contributed by atoms with Crippen LogP contribution in [0.5, 0.6) is 5.75 Å². The third-order valence-electron chi connectivity index (χ3n) is 2.36. The van der Waals surface area contributed by atoms with E-state index in [1.54, 1.807) is 32.2 Å². The summed E-state index contributed by atoms with van der Waals surface area (Å²) in [6.45, 7) is 1.76. The van der Waals surface area contributed by atoms with E-state index in [4.69, 9.17) is 21.4 Å². The van der Waals surface area contributed by atoms with Crippen LogP contribution < -0.4 is 4.74 Å². The van der Waals surface area contributed by atoms with Crippen LogP contribution in [0, 0.1) is 6.92 Å². The number of benzene rings is 1. The predicted octanol–water partition coefficient (Wildman–Crippen LogP) is 3.48. The standard InChI is InChI=1S/C12H10ClNO3S/c1-6-14-10(11(18-6)12(15)16)8-4-3-7(17-2)5-9(8)13/h3-5H,1-2H3,(H,15,16). The summed E-state index contributed by atoms with van der Waals surface area (Å²) in [5, 5.41) is 10.2. The average Bonchev–Trinajstić information content (AvgIpc) is 2.71. The molecule has 2 rings (SSSR count). The second kappa shape index (κ2) is 4.96. The van der Waals surface area contributed by atoms with Gasteiger partial charge < -0.3 is 9.84 Å². The van der Waals surface area contributed by atoms with Crippen molar-refractivity contribution in [1.82, 2.24) is 4.98 Å². The van der Waals surface area contributed by atoms with Gasteiger partial charge in [-0.25, -0.2) is 9.78 Å². The highest BCUT2D eigenvalue weighted by Gasteiger charge is 2.19. The molecule has 1 aromatic carbocycles. The normalized spacial score (nSPS) is 10.4. The third-order valence-corrected chi connectivity index (χ3v) is 3.63. The van der Waals surface area contributed by atoms with Gasteiger partial charge in [0.2, 0.25) is 0 Å². The first kappa shape index (κ1) is 12.9. The van der Waals surface area contributed by atoms with Crippen molar-refractivity contribution in [2.24, 2.45) is 0 Å². The number of aryl methyl sites for hydroxylation is 1. The molecule has 0 unspecified atom stereocenters. The molecule has 1 N–H and O–H groups in total. The van der Waals surface area contributed by atoms with Crippen molar-refractivity contribution < 1.29 is 14.6 Å². The van der Waals surface area contributed by atoms with E-state index in [0.29, 0.717) is 27.0 Å². The molecular weight excluding hydrogens is 274 g/mol. The second-order valence-electron chi connectivity index (χ2n) is 3.56. The number of ether oxygens (including phenoxy) is 1. The van der Waals surface area contributed by atoms with Crippen molar-refractivity contribution in [1.29, 1.82) is 0 Å². The van der Waals surface area contributed by atoms with Gasteiger partial charge in [0.15, 0.2) is 0 Å². The summed E-state index contributed by atoms with van der Waals surface area (Å²) in [6.07, 6.45) is 0. The van der Waals surface area contributed by atoms with Gasteiger partial charge >= 0.3 is 5.97 Å². The molecule has 0 aliphatic heterocycles. The number of carboxylic acid groups (broad SMARTS) is 1. The number of carbonyl (C=O) groups is 1. The first-order valence-corrected chi connectivity index (χ1v) is 6.27. The molecule has 0 saturated carbocycles. The number of nitrogens with zero attached hydrogens (tertiary/aromatic N) is 1. The van der Waals surface area contributed by atoms with Crippen molar-refractivity contribution in [3.63, 3.8) is 0 Å². The molecule has 4 nitrogen and oxygen atoms in total. The van der Waals surface area contributed by atoms with E-state index < -0.39 is 5.97 Å². The summed E-state index contributed by atoms with van der Waals surface area (Å²) in [6, 6.07) is 5.07. The fourth-order valence-electron chi connectivity index (χ4n) is 1.57. The molecule has 94 valence electrons. The fraction of sp³-hybridized carbons (Fsp3) is 0.167. The summed E-state index contributed by atoms with van der Waals surface area (Å²) >= 11 is 7.26. The molecule has 1 aromatic heterocycles. The van der Waals surface area contributed by atoms with Gasteiger partial charge in [-0.2, -0.15) is 0 Å². The third kappa shape index (κ3) is 2.32. The molecule has 6 heteroatoms. The molecule has 0 fully saturated rings. The molecule has 1 heterocycles. The van der Waals surface area contributed by atoms with Crippen LogP contribution in [0.2, 0.25) is 5.02 Å². The summed E-state index contributed by atoms with van der Waals surface area (Å²) in [5.74, 6) is -0.380. The maximum atomic E-state index is 11.1. The SMILES string of the molecule is COc1ccc(-c2nc(C)sc2C(=O)O)c(Cl)c1. The maximum absolute atomic E-state index is 11.1. The first-order chi connectivity index (χ1) is 8.52. The van der Waals surface area contributed by atoms with Crippen LogP contribution in [0.25, 0.3) is 11.3 Å². The van der Waals surface area contributed by atoms with Crippen LogP contribution >= 0.6 is 22.9 Å². The van der Waals surface area contributed by atoms with E-state index in [0.717, 1.165) is 11.3 Å². The lowest BCUT2D eigenvalue weighted by atomic mass is 10.1. The Bertz CT molecular complexity index is 609. The zero-order chi connectivity index (χ0) is 13.3. The summed E-state index contributed by atoms with van der Waals surface area (Å²) < 4.78 is 5.05. The number of aromatic nitrogens is 1. The smallest absolute Gasteiger partial charge is 0.348 e. The maximum Gasteiger partial charge on any atom is 0.348 e. The highest BCUT2D eigenvalue weighted by Crippen LogP contribution is 2.34. The average molecular weight is 284 g/mol. The Hall–Kier alpha value is -1.59. The second-order valence-corrected chi connectivity index (χ2v) is 5.17. The van der Waals surface area contributed by atoms with Crippen LogP contribution in [-0.2, 0) is 0 Å². The predicted molar refractivity (Wildman–Crippen MR) is 70.8 cm³/mol.